The van der Waals surface area contributed by atoms with E-state index in [1.165, 1.54) is 5.56 Å². The minimum Gasteiger partial charge on any atom is -0.493 e. The Morgan fingerprint density at radius 3 is 2.46 bits per heavy atom. The molecule has 0 fully saturated rings. The maximum atomic E-state index is 5.94. The van der Waals surface area contributed by atoms with Gasteiger partial charge in [0.1, 0.15) is 6.61 Å². The van der Waals surface area contributed by atoms with Crippen molar-refractivity contribution in [2.45, 2.75) is 20.1 Å². The number of hydrogen-bond donors (Lipinski definition) is 1. The summed E-state index contributed by atoms with van der Waals surface area (Å²) in [7, 11) is 3.35. The van der Waals surface area contributed by atoms with Gasteiger partial charge >= 0.3 is 0 Å². The highest BCUT2D eigenvalue weighted by molar-refractivity contribution is 9.10. The molecule has 0 saturated carbocycles. The average molecular weight is 394 g/mol. The van der Waals surface area contributed by atoms with Crippen molar-refractivity contribution < 1.29 is 14.2 Å². The highest BCUT2D eigenvalue weighted by Crippen LogP contribution is 2.34. The third kappa shape index (κ3) is 5.51. The fourth-order valence-electron chi connectivity index (χ4n) is 2.23. The van der Waals surface area contributed by atoms with Gasteiger partial charge in [-0.3, -0.25) is 0 Å². The van der Waals surface area contributed by atoms with E-state index in [1.807, 2.05) is 12.1 Å². The quantitative estimate of drug-likeness (QED) is 0.651. The van der Waals surface area contributed by atoms with Crippen LogP contribution in [-0.2, 0) is 17.9 Å². The highest BCUT2D eigenvalue weighted by Gasteiger charge is 2.10. The molecule has 2 aromatic rings. The molecule has 5 heteroatoms. The first kappa shape index (κ1) is 18.8. The van der Waals surface area contributed by atoms with Crippen LogP contribution in [-0.4, -0.2) is 27.4 Å². The van der Waals surface area contributed by atoms with Gasteiger partial charge in [-0.1, -0.05) is 45.8 Å². The van der Waals surface area contributed by atoms with Crippen molar-refractivity contribution >= 4 is 15.9 Å². The Bertz CT molecular complexity index is 644. The van der Waals surface area contributed by atoms with Crippen LogP contribution in [0.25, 0.3) is 0 Å². The predicted molar refractivity (Wildman–Crippen MR) is 99.8 cm³/mol. The zero-order valence-corrected chi connectivity index (χ0v) is 16.0. The Kier molecular flexibility index (Phi) is 7.56. The van der Waals surface area contributed by atoms with E-state index in [-0.39, 0.29) is 0 Å². The molecule has 0 spiro atoms. The summed E-state index contributed by atoms with van der Waals surface area (Å²) in [6.45, 7) is 4.81. The van der Waals surface area contributed by atoms with Crippen molar-refractivity contribution in [2.24, 2.45) is 0 Å². The number of ether oxygens (including phenoxy) is 3. The molecule has 0 saturated heterocycles. The Balaban J connectivity index is 2.03. The van der Waals surface area contributed by atoms with Gasteiger partial charge < -0.3 is 19.5 Å². The zero-order chi connectivity index (χ0) is 17.4. The van der Waals surface area contributed by atoms with E-state index in [0.29, 0.717) is 13.2 Å². The van der Waals surface area contributed by atoms with Gasteiger partial charge in [-0.25, -0.2) is 0 Å². The van der Waals surface area contributed by atoms with Crippen molar-refractivity contribution in [3.8, 4) is 11.5 Å². The minimum atomic E-state index is 0.508. The summed E-state index contributed by atoms with van der Waals surface area (Å²) in [5.74, 6) is 1.46. The Morgan fingerprint density at radius 2 is 1.79 bits per heavy atom. The molecular weight excluding hydrogens is 370 g/mol. The summed E-state index contributed by atoms with van der Waals surface area (Å²) in [5, 5.41) is 3.33. The van der Waals surface area contributed by atoms with Crippen LogP contribution < -0.4 is 14.8 Å². The van der Waals surface area contributed by atoms with Crippen molar-refractivity contribution in [3.63, 3.8) is 0 Å². The van der Waals surface area contributed by atoms with Gasteiger partial charge in [-0.2, -0.15) is 0 Å². The van der Waals surface area contributed by atoms with E-state index in [9.17, 15) is 0 Å². The number of hydrogen-bond acceptors (Lipinski definition) is 4. The van der Waals surface area contributed by atoms with Crippen LogP contribution in [0.4, 0.5) is 0 Å². The number of rotatable bonds is 9. The summed E-state index contributed by atoms with van der Waals surface area (Å²) >= 11 is 3.61. The fourth-order valence-corrected chi connectivity index (χ4v) is 2.69. The first-order valence-corrected chi connectivity index (χ1v) is 8.67. The molecule has 0 unspecified atom stereocenters. The number of benzene rings is 2. The molecule has 130 valence electrons. The van der Waals surface area contributed by atoms with Crippen LogP contribution in [0.15, 0.2) is 40.9 Å². The second-order valence-corrected chi connectivity index (χ2v) is 6.39. The molecule has 0 aliphatic carbocycles. The topological polar surface area (TPSA) is 39.7 Å². The maximum absolute atomic E-state index is 5.94. The van der Waals surface area contributed by atoms with E-state index in [4.69, 9.17) is 14.2 Å². The zero-order valence-electron chi connectivity index (χ0n) is 14.4. The molecule has 1 N–H and O–H groups in total. The van der Waals surface area contributed by atoms with Gasteiger partial charge in [0.25, 0.3) is 0 Å². The van der Waals surface area contributed by atoms with Crippen molar-refractivity contribution in [1.29, 1.82) is 0 Å². The van der Waals surface area contributed by atoms with E-state index >= 15 is 0 Å². The van der Waals surface area contributed by atoms with Crippen LogP contribution in [0.3, 0.4) is 0 Å². The smallest absolute Gasteiger partial charge is 0.162 e. The van der Waals surface area contributed by atoms with Crippen LogP contribution in [0.1, 0.15) is 16.7 Å². The van der Waals surface area contributed by atoms with E-state index in [2.05, 4.69) is 52.4 Å². The van der Waals surface area contributed by atoms with Gasteiger partial charge in [0, 0.05) is 24.7 Å². The molecule has 0 heterocycles. The number of methoxy groups -OCH3 is 2. The molecule has 2 rings (SSSR count). The van der Waals surface area contributed by atoms with Gasteiger partial charge in [0.05, 0.1) is 13.7 Å². The second-order valence-electron chi connectivity index (χ2n) is 5.54. The van der Waals surface area contributed by atoms with Gasteiger partial charge in [0.2, 0.25) is 0 Å². The van der Waals surface area contributed by atoms with Gasteiger partial charge in [-0.15, -0.1) is 0 Å². The molecule has 24 heavy (non-hydrogen) atoms. The largest absolute Gasteiger partial charge is 0.493 e. The van der Waals surface area contributed by atoms with Crippen molar-refractivity contribution in [3.05, 3.63) is 57.6 Å². The number of nitrogens with one attached hydrogen (secondary N) is 1. The minimum absolute atomic E-state index is 0.508. The summed E-state index contributed by atoms with van der Waals surface area (Å²) in [6, 6.07) is 12.3. The van der Waals surface area contributed by atoms with Gasteiger partial charge in [0.15, 0.2) is 11.5 Å². The Labute approximate surface area is 152 Å². The van der Waals surface area contributed by atoms with Crippen LogP contribution in [0.5, 0.6) is 11.5 Å². The van der Waals surface area contributed by atoms with E-state index in [1.54, 1.807) is 14.2 Å². The molecule has 4 nitrogen and oxygen atoms in total. The molecular formula is C19H24BrNO3. The second kappa shape index (κ2) is 9.67. The summed E-state index contributed by atoms with van der Waals surface area (Å²) in [4.78, 5) is 0. The van der Waals surface area contributed by atoms with E-state index < -0.39 is 0 Å². The maximum Gasteiger partial charge on any atom is 0.162 e. The Morgan fingerprint density at radius 1 is 1.04 bits per heavy atom. The third-order valence-corrected chi connectivity index (χ3v) is 4.38. The molecule has 0 atom stereocenters. The molecule has 2 aromatic carbocycles. The normalized spacial score (nSPS) is 10.7. The third-order valence-electron chi connectivity index (χ3n) is 3.65. The summed E-state index contributed by atoms with van der Waals surface area (Å²) in [5.41, 5.74) is 3.49. The summed E-state index contributed by atoms with van der Waals surface area (Å²) in [6.07, 6.45) is 0. The fraction of sp³-hybridized carbons (Fsp3) is 0.368. The molecule has 0 bridgehead atoms. The molecule has 0 radical (unpaired) electrons. The lowest BCUT2D eigenvalue weighted by atomic mass is 10.1. The van der Waals surface area contributed by atoms with E-state index in [0.717, 1.165) is 40.2 Å². The molecule has 0 aliphatic rings. The molecule has 0 amide bonds. The average Bonchev–Trinajstić information content (AvgIpc) is 2.59. The predicted octanol–water partition coefficient (Wildman–Crippen LogP) is 4.08. The lowest BCUT2D eigenvalue weighted by Gasteiger charge is -2.14. The van der Waals surface area contributed by atoms with Crippen LogP contribution >= 0.6 is 15.9 Å². The lowest BCUT2D eigenvalue weighted by Crippen LogP contribution is -2.18. The number of halogens is 1. The standard InChI is InChI=1S/C19H24BrNO3/c1-14-4-6-15(7-5-14)13-24-19-11-17(20)16(10-18(19)23-3)12-21-8-9-22-2/h4-7,10-11,21H,8-9,12-13H2,1-3H3. The first-order valence-electron chi connectivity index (χ1n) is 7.88. The highest BCUT2D eigenvalue weighted by atomic mass is 79.9. The van der Waals surface area contributed by atoms with Gasteiger partial charge in [-0.05, 0) is 30.2 Å². The van der Waals surface area contributed by atoms with Crippen LogP contribution in [0, 0.1) is 6.92 Å². The van der Waals surface area contributed by atoms with Crippen LogP contribution in [0.2, 0.25) is 0 Å². The van der Waals surface area contributed by atoms with Crippen molar-refractivity contribution in [2.75, 3.05) is 27.4 Å². The molecule has 0 aliphatic heterocycles. The lowest BCUT2D eigenvalue weighted by molar-refractivity contribution is 0.199. The SMILES string of the molecule is COCCNCc1cc(OC)c(OCc2ccc(C)cc2)cc1Br. The first-order chi connectivity index (χ1) is 11.6. The molecule has 0 aromatic heterocycles. The van der Waals surface area contributed by atoms with Crippen molar-refractivity contribution in [1.82, 2.24) is 5.32 Å². The monoisotopic (exact) mass is 393 g/mol. The number of aryl methyl sites for hydroxylation is 1. The summed E-state index contributed by atoms with van der Waals surface area (Å²) < 4.78 is 17.4. The Hall–Kier alpha value is -1.56.